The number of rotatable bonds is 7. The summed E-state index contributed by atoms with van der Waals surface area (Å²) in [5, 5.41) is 0.442. The predicted molar refractivity (Wildman–Crippen MR) is 130 cm³/mol. The van der Waals surface area contributed by atoms with E-state index in [4.69, 9.17) is 16.3 Å². The van der Waals surface area contributed by atoms with Crippen LogP contribution in [0.5, 0.6) is 0 Å². The van der Waals surface area contributed by atoms with Gasteiger partial charge < -0.3 is 9.30 Å². The maximum atomic E-state index is 14.5. The summed E-state index contributed by atoms with van der Waals surface area (Å²) in [6, 6.07) is 7.95. The van der Waals surface area contributed by atoms with Gasteiger partial charge in [0.05, 0.1) is 21.7 Å². The van der Waals surface area contributed by atoms with Gasteiger partial charge in [0.1, 0.15) is 5.82 Å². The fraction of sp³-hybridized carbons (Fsp3) is 0.391. The van der Waals surface area contributed by atoms with Crippen molar-refractivity contribution >= 4 is 49.1 Å². The minimum Gasteiger partial charge on any atom is -0.380 e. The third-order valence-electron chi connectivity index (χ3n) is 5.82. The average molecular weight is 544 g/mol. The van der Waals surface area contributed by atoms with E-state index in [9.17, 15) is 22.0 Å². The molecule has 1 amide bonds. The number of aromatic nitrogens is 1. The van der Waals surface area contributed by atoms with Gasteiger partial charge in [0.25, 0.3) is 5.91 Å². The van der Waals surface area contributed by atoms with Gasteiger partial charge in [0.15, 0.2) is 10.6 Å². The number of piperidine rings is 1. The van der Waals surface area contributed by atoms with Crippen molar-refractivity contribution in [3.8, 4) is 0 Å². The Morgan fingerprint density at radius 1 is 1.20 bits per heavy atom. The van der Waals surface area contributed by atoms with Crippen LogP contribution < -0.4 is 4.80 Å². The summed E-state index contributed by atoms with van der Waals surface area (Å²) < 4.78 is 62.7. The molecule has 0 atom stereocenters. The Morgan fingerprint density at radius 3 is 2.54 bits per heavy atom. The lowest BCUT2D eigenvalue weighted by molar-refractivity contribution is -0.122. The third kappa shape index (κ3) is 5.64. The highest BCUT2D eigenvalue weighted by molar-refractivity contribution is 7.89. The number of benzene rings is 2. The van der Waals surface area contributed by atoms with Gasteiger partial charge >= 0.3 is 0 Å². The smallest absolute Gasteiger partial charge is 0.251 e. The molecule has 0 radical (unpaired) electrons. The van der Waals surface area contributed by atoms with Crippen LogP contribution >= 0.6 is 22.9 Å². The van der Waals surface area contributed by atoms with Crippen molar-refractivity contribution in [3.63, 3.8) is 0 Å². The molecule has 1 aliphatic rings. The topological polar surface area (TPSA) is 81.0 Å². The van der Waals surface area contributed by atoms with E-state index in [0.717, 1.165) is 17.4 Å². The van der Waals surface area contributed by atoms with Crippen LogP contribution in [0.3, 0.4) is 0 Å². The van der Waals surface area contributed by atoms with Crippen molar-refractivity contribution in [2.45, 2.75) is 31.2 Å². The summed E-state index contributed by atoms with van der Waals surface area (Å²) in [7, 11) is -3.69. The molecule has 188 valence electrons. The number of halogens is 3. The fourth-order valence-electron chi connectivity index (χ4n) is 4.01. The van der Waals surface area contributed by atoms with Gasteiger partial charge in [-0.25, -0.2) is 17.2 Å². The van der Waals surface area contributed by atoms with Gasteiger partial charge in [-0.2, -0.15) is 9.30 Å². The minimum atomic E-state index is -3.69. The second-order valence-electron chi connectivity index (χ2n) is 8.05. The molecule has 2 heterocycles. The quantitative estimate of drug-likeness (QED) is 0.418. The molecule has 35 heavy (non-hydrogen) atoms. The van der Waals surface area contributed by atoms with Crippen LogP contribution in [0.25, 0.3) is 10.2 Å². The molecule has 0 spiro atoms. The van der Waals surface area contributed by atoms with Gasteiger partial charge in [-0.15, -0.1) is 0 Å². The number of carbonyl (C=O) groups is 1. The number of amides is 1. The molecule has 0 unspecified atom stereocenters. The van der Waals surface area contributed by atoms with E-state index in [-0.39, 0.29) is 41.5 Å². The average Bonchev–Trinajstić information content (AvgIpc) is 3.16. The molecule has 2 aromatic carbocycles. The Kier molecular flexibility index (Phi) is 8.02. The molecule has 1 fully saturated rings. The highest BCUT2D eigenvalue weighted by atomic mass is 35.5. The van der Waals surface area contributed by atoms with Crippen LogP contribution in [-0.2, 0) is 26.1 Å². The molecular formula is C23H24ClF2N3O4S2. The molecule has 1 aromatic heterocycles. The Hall–Kier alpha value is -2.18. The van der Waals surface area contributed by atoms with Crippen molar-refractivity contribution in [1.82, 2.24) is 8.87 Å². The van der Waals surface area contributed by atoms with Gasteiger partial charge in [0.2, 0.25) is 10.0 Å². The number of ether oxygens (including phenoxy) is 1. The summed E-state index contributed by atoms with van der Waals surface area (Å²) in [4.78, 5) is 17.6. The molecule has 0 saturated carbocycles. The number of carbonyl (C=O) groups excluding carboxylic acids is 1. The van der Waals surface area contributed by atoms with Crippen LogP contribution in [0.15, 0.2) is 46.3 Å². The molecule has 12 heteroatoms. The van der Waals surface area contributed by atoms with E-state index < -0.39 is 33.5 Å². The summed E-state index contributed by atoms with van der Waals surface area (Å²) in [6.45, 7) is 3.19. The number of hydrogen-bond acceptors (Lipinski definition) is 5. The van der Waals surface area contributed by atoms with Crippen molar-refractivity contribution in [3.05, 3.63) is 57.9 Å². The van der Waals surface area contributed by atoms with E-state index in [1.807, 2.05) is 6.92 Å². The molecular weight excluding hydrogens is 520 g/mol. The van der Waals surface area contributed by atoms with Crippen LogP contribution in [0.2, 0.25) is 5.02 Å². The van der Waals surface area contributed by atoms with Crippen molar-refractivity contribution in [1.29, 1.82) is 0 Å². The largest absolute Gasteiger partial charge is 0.380 e. The van der Waals surface area contributed by atoms with Crippen LogP contribution in [-0.4, -0.2) is 49.5 Å². The second kappa shape index (κ2) is 10.8. The number of hydrogen-bond donors (Lipinski definition) is 0. The normalized spacial score (nSPS) is 16.3. The fourth-order valence-corrected chi connectivity index (χ4v) is 6.70. The van der Waals surface area contributed by atoms with Crippen LogP contribution in [0, 0.1) is 17.6 Å². The first-order valence-electron chi connectivity index (χ1n) is 11.1. The molecule has 3 aromatic rings. The highest BCUT2D eigenvalue weighted by Gasteiger charge is 2.32. The van der Waals surface area contributed by atoms with E-state index >= 15 is 0 Å². The molecule has 4 rings (SSSR count). The first-order valence-corrected chi connectivity index (χ1v) is 13.7. The molecule has 1 aliphatic heterocycles. The zero-order valence-corrected chi connectivity index (χ0v) is 21.3. The minimum absolute atomic E-state index is 0.145. The lowest BCUT2D eigenvalue weighted by Gasteiger charge is -2.29. The van der Waals surface area contributed by atoms with Crippen molar-refractivity contribution in [2.75, 3.05) is 26.3 Å². The lowest BCUT2D eigenvalue weighted by atomic mass is 9.98. The summed E-state index contributed by atoms with van der Waals surface area (Å²) in [5.41, 5.74) is 0.173. The van der Waals surface area contributed by atoms with E-state index in [0.29, 0.717) is 29.2 Å². The van der Waals surface area contributed by atoms with E-state index in [1.165, 1.54) is 39.2 Å². The number of thiazole rings is 1. The summed E-state index contributed by atoms with van der Waals surface area (Å²) in [5.74, 6) is -2.33. The Labute approximate surface area is 210 Å². The molecule has 0 N–H and O–H groups in total. The van der Waals surface area contributed by atoms with E-state index in [2.05, 4.69) is 4.99 Å². The zero-order valence-electron chi connectivity index (χ0n) is 18.9. The number of fused-ring (bicyclic) bond motifs is 1. The molecule has 1 saturated heterocycles. The van der Waals surface area contributed by atoms with Gasteiger partial charge in [-0.3, -0.25) is 4.79 Å². The lowest BCUT2D eigenvalue weighted by Crippen LogP contribution is -2.40. The van der Waals surface area contributed by atoms with Crippen LogP contribution in [0.4, 0.5) is 8.78 Å². The first kappa shape index (κ1) is 25.9. The third-order valence-corrected chi connectivity index (χ3v) is 9.01. The van der Waals surface area contributed by atoms with Gasteiger partial charge in [-0.1, -0.05) is 22.9 Å². The highest BCUT2D eigenvalue weighted by Crippen LogP contribution is 2.26. The van der Waals surface area contributed by atoms with Gasteiger partial charge in [0, 0.05) is 43.2 Å². The monoisotopic (exact) mass is 543 g/mol. The second-order valence-corrected chi connectivity index (χ2v) is 11.4. The van der Waals surface area contributed by atoms with Crippen molar-refractivity contribution < 1.29 is 26.7 Å². The Morgan fingerprint density at radius 2 is 1.89 bits per heavy atom. The molecule has 0 aliphatic carbocycles. The van der Waals surface area contributed by atoms with Crippen LogP contribution in [0.1, 0.15) is 19.8 Å². The first-order chi connectivity index (χ1) is 16.7. The Balaban J connectivity index is 1.55. The maximum absolute atomic E-state index is 14.5. The van der Waals surface area contributed by atoms with Crippen molar-refractivity contribution in [2.24, 2.45) is 10.9 Å². The standard InChI is InChI=1S/C23H24ClF2N3O4S2/c1-2-33-12-11-29-21-19(26)13-17(25)14-20(21)34-23(29)27-22(30)15-7-9-28(10-8-15)35(31,32)18-5-3-16(24)4-6-18/h3-6,13-15H,2,7-12H2,1H3. The summed E-state index contributed by atoms with van der Waals surface area (Å²) in [6.07, 6.45) is 0.615. The molecule has 7 nitrogen and oxygen atoms in total. The maximum Gasteiger partial charge on any atom is 0.251 e. The van der Waals surface area contributed by atoms with Gasteiger partial charge in [-0.05, 0) is 50.1 Å². The summed E-state index contributed by atoms with van der Waals surface area (Å²) >= 11 is 6.88. The SMILES string of the molecule is CCOCCn1c(=NC(=O)C2CCN(S(=O)(=O)c3ccc(Cl)cc3)CC2)sc2cc(F)cc(F)c21. The van der Waals surface area contributed by atoms with E-state index in [1.54, 1.807) is 0 Å². The zero-order chi connectivity index (χ0) is 25.2. The Bertz CT molecular complexity index is 1400. The predicted octanol–water partition coefficient (Wildman–Crippen LogP) is 4.20. The molecule has 0 bridgehead atoms. The number of sulfonamides is 1. The number of nitrogens with zero attached hydrogens (tertiary/aromatic N) is 3.